The molecule has 0 aliphatic rings. The largest absolute Gasteiger partial charge is 0.480 e. The Morgan fingerprint density at radius 3 is 1.47 bits per heavy atom. The minimum atomic E-state index is -1.66. The van der Waals surface area contributed by atoms with Crippen molar-refractivity contribution >= 4 is 11.9 Å². The Bertz CT molecular complexity index is 502. The van der Waals surface area contributed by atoms with E-state index in [0.717, 1.165) is 77.0 Å². The van der Waals surface area contributed by atoms with E-state index in [2.05, 4.69) is 34.6 Å². The normalized spacial score (nSPS) is 14.6. The number of hydrogen-bond donors (Lipinski definition) is 2. The molecule has 0 spiro atoms. The van der Waals surface area contributed by atoms with Gasteiger partial charge in [0, 0.05) is 0 Å². The molecule has 0 aliphatic carbocycles. The summed E-state index contributed by atoms with van der Waals surface area (Å²) < 4.78 is 0. The topological polar surface area (TPSA) is 74.6 Å². The molecule has 0 aromatic rings. The Morgan fingerprint density at radius 1 is 0.588 bits per heavy atom. The van der Waals surface area contributed by atoms with Crippen LogP contribution in [-0.2, 0) is 9.59 Å². The fourth-order valence-corrected chi connectivity index (χ4v) is 5.65. The van der Waals surface area contributed by atoms with Crippen LogP contribution in [0.2, 0.25) is 0 Å². The maximum Gasteiger partial charge on any atom is 0.321 e. The molecule has 202 valence electrons. The van der Waals surface area contributed by atoms with Gasteiger partial charge in [-0.15, -0.1) is 0 Å². The first-order valence-corrected chi connectivity index (χ1v) is 14.8. The van der Waals surface area contributed by atoms with Crippen molar-refractivity contribution in [1.82, 2.24) is 0 Å². The molecule has 0 aromatic carbocycles. The summed E-state index contributed by atoms with van der Waals surface area (Å²) in [5, 5.41) is 20.9. The number of unbranched alkanes of at least 4 members (excludes halogenated alkanes) is 9. The molecule has 34 heavy (non-hydrogen) atoms. The van der Waals surface area contributed by atoms with Crippen LogP contribution in [0.1, 0.15) is 157 Å². The Labute approximate surface area is 211 Å². The van der Waals surface area contributed by atoms with Crippen LogP contribution in [0.15, 0.2) is 0 Å². The molecule has 3 unspecified atom stereocenters. The second-order valence-electron chi connectivity index (χ2n) is 10.8. The lowest BCUT2D eigenvalue weighted by atomic mass is 9.64. The average Bonchev–Trinajstić information content (AvgIpc) is 2.82. The SMILES string of the molecule is CCCCCCCCCCC(CC(CC)CCCC)C(CC(CC)CCCC)(C(=O)O)C(=O)O. The molecule has 0 rings (SSSR count). The van der Waals surface area contributed by atoms with Crippen molar-refractivity contribution in [2.24, 2.45) is 23.2 Å². The second kappa shape index (κ2) is 20.2. The van der Waals surface area contributed by atoms with Crippen molar-refractivity contribution in [2.45, 2.75) is 157 Å². The van der Waals surface area contributed by atoms with Gasteiger partial charge in [0.05, 0.1) is 0 Å². The maximum atomic E-state index is 12.8. The van der Waals surface area contributed by atoms with Gasteiger partial charge in [-0.3, -0.25) is 9.59 Å². The fourth-order valence-electron chi connectivity index (χ4n) is 5.65. The van der Waals surface area contributed by atoms with Crippen LogP contribution in [-0.4, -0.2) is 22.2 Å². The molecule has 0 bridgehead atoms. The third-order valence-electron chi connectivity index (χ3n) is 8.18. The van der Waals surface area contributed by atoms with Gasteiger partial charge in [0.15, 0.2) is 5.41 Å². The first-order valence-electron chi connectivity index (χ1n) is 14.8. The van der Waals surface area contributed by atoms with E-state index in [9.17, 15) is 19.8 Å². The van der Waals surface area contributed by atoms with E-state index in [4.69, 9.17) is 0 Å². The Balaban J connectivity index is 5.62. The summed E-state index contributed by atoms with van der Waals surface area (Å²) in [5.41, 5.74) is -1.66. The van der Waals surface area contributed by atoms with Crippen LogP contribution in [0.25, 0.3) is 0 Å². The zero-order chi connectivity index (χ0) is 25.8. The van der Waals surface area contributed by atoms with Crippen molar-refractivity contribution in [2.75, 3.05) is 0 Å². The van der Waals surface area contributed by atoms with E-state index < -0.39 is 17.4 Å². The predicted octanol–water partition coefficient (Wildman–Crippen LogP) is 9.50. The smallest absolute Gasteiger partial charge is 0.321 e. The van der Waals surface area contributed by atoms with Gasteiger partial charge < -0.3 is 10.2 Å². The van der Waals surface area contributed by atoms with Gasteiger partial charge in [0.25, 0.3) is 0 Å². The van der Waals surface area contributed by atoms with E-state index in [1.807, 2.05) is 0 Å². The first-order chi connectivity index (χ1) is 16.3. The Hall–Kier alpha value is -1.06. The zero-order valence-corrected chi connectivity index (χ0v) is 23.4. The molecule has 0 saturated heterocycles. The monoisotopic (exact) mass is 482 g/mol. The average molecular weight is 483 g/mol. The number of rotatable bonds is 24. The zero-order valence-electron chi connectivity index (χ0n) is 23.4. The van der Waals surface area contributed by atoms with E-state index in [1.165, 1.54) is 38.5 Å². The highest BCUT2D eigenvalue weighted by atomic mass is 16.4. The van der Waals surface area contributed by atoms with Gasteiger partial charge >= 0.3 is 11.9 Å². The molecule has 0 saturated carbocycles. The lowest BCUT2D eigenvalue weighted by Gasteiger charge is -2.38. The van der Waals surface area contributed by atoms with Crippen molar-refractivity contribution in [3.05, 3.63) is 0 Å². The number of carboxylic acids is 2. The number of carboxylic acid groups (broad SMARTS) is 2. The third kappa shape index (κ3) is 12.1. The fraction of sp³-hybridized carbons (Fsp3) is 0.933. The van der Waals surface area contributed by atoms with E-state index >= 15 is 0 Å². The van der Waals surface area contributed by atoms with Gasteiger partial charge in [-0.1, -0.05) is 137 Å². The number of hydrogen-bond acceptors (Lipinski definition) is 2. The molecular formula is C30H58O4. The predicted molar refractivity (Wildman–Crippen MR) is 144 cm³/mol. The minimum Gasteiger partial charge on any atom is -0.480 e. The van der Waals surface area contributed by atoms with Gasteiger partial charge in [0.1, 0.15) is 0 Å². The van der Waals surface area contributed by atoms with Crippen LogP contribution >= 0.6 is 0 Å². The molecule has 0 radical (unpaired) electrons. The van der Waals surface area contributed by atoms with Crippen molar-refractivity contribution in [3.8, 4) is 0 Å². The quantitative estimate of drug-likeness (QED) is 0.106. The number of aliphatic carboxylic acids is 2. The highest BCUT2D eigenvalue weighted by molar-refractivity contribution is 5.98. The van der Waals surface area contributed by atoms with Crippen LogP contribution in [0.4, 0.5) is 0 Å². The first kappa shape index (κ1) is 32.9. The summed E-state index contributed by atoms with van der Waals surface area (Å²) in [6, 6.07) is 0. The molecule has 0 amide bonds. The van der Waals surface area contributed by atoms with Gasteiger partial charge in [0.2, 0.25) is 0 Å². The third-order valence-corrected chi connectivity index (χ3v) is 8.18. The summed E-state index contributed by atoms with van der Waals surface area (Å²) >= 11 is 0. The molecule has 2 N–H and O–H groups in total. The van der Waals surface area contributed by atoms with E-state index in [0.29, 0.717) is 5.92 Å². The maximum absolute atomic E-state index is 12.8. The Morgan fingerprint density at radius 2 is 1.03 bits per heavy atom. The van der Waals surface area contributed by atoms with E-state index in [1.54, 1.807) is 0 Å². The highest BCUT2D eigenvalue weighted by Crippen LogP contribution is 2.45. The van der Waals surface area contributed by atoms with E-state index in [-0.39, 0.29) is 18.3 Å². The summed E-state index contributed by atoms with van der Waals surface area (Å²) in [5.74, 6) is -1.94. The lowest BCUT2D eigenvalue weighted by molar-refractivity contribution is -0.172. The molecule has 4 nitrogen and oxygen atoms in total. The number of carbonyl (C=O) groups is 2. The molecule has 0 fully saturated rings. The summed E-state index contributed by atoms with van der Waals surface area (Å²) in [7, 11) is 0. The van der Waals surface area contributed by atoms with Crippen molar-refractivity contribution < 1.29 is 19.8 Å². The molecule has 0 heterocycles. The second-order valence-corrected chi connectivity index (χ2v) is 10.8. The van der Waals surface area contributed by atoms with Crippen LogP contribution < -0.4 is 0 Å². The molecule has 4 heteroatoms. The highest BCUT2D eigenvalue weighted by Gasteiger charge is 2.53. The molecule has 0 aliphatic heterocycles. The van der Waals surface area contributed by atoms with Gasteiger partial charge in [-0.25, -0.2) is 0 Å². The van der Waals surface area contributed by atoms with Crippen LogP contribution in [0, 0.1) is 23.2 Å². The van der Waals surface area contributed by atoms with Crippen LogP contribution in [0.5, 0.6) is 0 Å². The minimum absolute atomic E-state index is 0.156. The lowest BCUT2D eigenvalue weighted by Crippen LogP contribution is -2.48. The standard InChI is InChI=1S/C30H58O4/c1-6-11-14-15-16-17-18-19-22-27(23-25(9-4)20-12-7-2)30(28(31)32,29(33)34)24-26(10-5)21-13-8-3/h25-27H,6-24H2,1-5H3,(H,31,32)(H,33,34). The molecular weight excluding hydrogens is 424 g/mol. The van der Waals surface area contributed by atoms with Gasteiger partial charge in [-0.2, -0.15) is 0 Å². The molecule has 0 aromatic heterocycles. The van der Waals surface area contributed by atoms with Gasteiger partial charge in [-0.05, 0) is 37.0 Å². The summed E-state index contributed by atoms with van der Waals surface area (Å²) in [6.45, 7) is 10.8. The van der Waals surface area contributed by atoms with Crippen molar-refractivity contribution in [3.63, 3.8) is 0 Å². The Kier molecular flexibility index (Phi) is 19.5. The summed E-state index contributed by atoms with van der Waals surface area (Å²) in [4.78, 5) is 25.5. The summed E-state index contributed by atoms with van der Waals surface area (Å²) in [6.07, 6.45) is 19.5. The van der Waals surface area contributed by atoms with Crippen molar-refractivity contribution in [1.29, 1.82) is 0 Å². The molecule has 3 atom stereocenters. The van der Waals surface area contributed by atoms with Crippen LogP contribution in [0.3, 0.4) is 0 Å².